The van der Waals surface area contributed by atoms with Gasteiger partial charge in [0.15, 0.2) is 0 Å². The lowest BCUT2D eigenvalue weighted by Gasteiger charge is -2.18. The van der Waals surface area contributed by atoms with Gasteiger partial charge in [0.25, 0.3) is 5.91 Å². The zero-order valence-electron chi connectivity index (χ0n) is 13.2. The number of para-hydroxylation sites is 1. The summed E-state index contributed by atoms with van der Waals surface area (Å²) in [6.45, 7) is 2.99. The lowest BCUT2D eigenvalue weighted by molar-refractivity contribution is 0.0773. The highest BCUT2D eigenvalue weighted by molar-refractivity contribution is 5.94. The number of carbonyl (C=O) groups excluding carboxylic acids is 1. The standard InChI is InChI=1S/C18H21NO3/c1-14-6-4-5-7-17(14)22-13-12-19(2)18(20)15-8-10-16(21-3)11-9-15/h4-11H,12-13H2,1-3H3. The van der Waals surface area contributed by atoms with Gasteiger partial charge in [-0.15, -0.1) is 0 Å². The lowest BCUT2D eigenvalue weighted by Crippen LogP contribution is -2.30. The molecule has 2 aromatic rings. The second-order valence-electron chi connectivity index (χ2n) is 5.07. The Bertz CT molecular complexity index is 622. The average Bonchev–Trinajstić information content (AvgIpc) is 2.56. The molecule has 4 heteroatoms. The van der Waals surface area contributed by atoms with Crippen LogP contribution >= 0.6 is 0 Å². The summed E-state index contributed by atoms with van der Waals surface area (Å²) in [6.07, 6.45) is 0. The first-order valence-corrected chi connectivity index (χ1v) is 7.20. The summed E-state index contributed by atoms with van der Waals surface area (Å²) in [5.74, 6) is 1.56. The largest absolute Gasteiger partial charge is 0.497 e. The summed E-state index contributed by atoms with van der Waals surface area (Å²) < 4.78 is 10.8. The summed E-state index contributed by atoms with van der Waals surface area (Å²) in [5, 5.41) is 0. The molecular formula is C18H21NO3. The summed E-state index contributed by atoms with van der Waals surface area (Å²) in [6, 6.07) is 14.9. The minimum atomic E-state index is -0.0314. The number of nitrogens with zero attached hydrogens (tertiary/aromatic N) is 1. The van der Waals surface area contributed by atoms with E-state index >= 15 is 0 Å². The van der Waals surface area contributed by atoms with Gasteiger partial charge in [-0.1, -0.05) is 18.2 Å². The summed E-state index contributed by atoms with van der Waals surface area (Å²) in [7, 11) is 3.37. The highest BCUT2D eigenvalue weighted by Gasteiger charge is 2.11. The van der Waals surface area contributed by atoms with Gasteiger partial charge in [0, 0.05) is 12.6 Å². The Kier molecular flexibility index (Phi) is 5.42. The van der Waals surface area contributed by atoms with Crippen molar-refractivity contribution in [3.63, 3.8) is 0 Å². The van der Waals surface area contributed by atoms with E-state index in [9.17, 15) is 4.79 Å². The van der Waals surface area contributed by atoms with Crippen LogP contribution in [0.5, 0.6) is 11.5 Å². The Morgan fingerprint density at radius 1 is 1.09 bits per heavy atom. The van der Waals surface area contributed by atoms with E-state index < -0.39 is 0 Å². The highest BCUT2D eigenvalue weighted by Crippen LogP contribution is 2.16. The normalized spacial score (nSPS) is 10.1. The predicted molar refractivity (Wildman–Crippen MR) is 86.6 cm³/mol. The van der Waals surface area contributed by atoms with Gasteiger partial charge in [0.1, 0.15) is 18.1 Å². The van der Waals surface area contributed by atoms with Gasteiger partial charge in [-0.05, 0) is 42.8 Å². The minimum Gasteiger partial charge on any atom is -0.497 e. The van der Waals surface area contributed by atoms with Crippen LogP contribution < -0.4 is 9.47 Å². The van der Waals surface area contributed by atoms with E-state index in [0.717, 1.165) is 17.1 Å². The van der Waals surface area contributed by atoms with Crippen molar-refractivity contribution in [2.75, 3.05) is 27.3 Å². The van der Waals surface area contributed by atoms with Crippen molar-refractivity contribution in [3.8, 4) is 11.5 Å². The first-order chi connectivity index (χ1) is 10.6. The first kappa shape index (κ1) is 15.9. The van der Waals surface area contributed by atoms with Gasteiger partial charge in [-0.25, -0.2) is 0 Å². The van der Waals surface area contributed by atoms with E-state index in [1.165, 1.54) is 0 Å². The SMILES string of the molecule is COc1ccc(C(=O)N(C)CCOc2ccccc2C)cc1. The zero-order chi connectivity index (χ0) is 15.9. The highest BCUT2D eigenvalue weighted by atomic mass is 16.5. The van der Waals surface area contributed by atoms with Gasteiger partial charge < -0.3 is 14.4 Å². The number of carbonyl (C=O) groups is 1. The predicted octanol–water partition coefficient (Wildman–Crippen LogP) is 3.15. The molecule has 2 aromatic carbocycles. The molecule has 0 saturated carbocycles. The van der Waals surface area contributed by atoms with Gasteiger partial charge in [-0.2, -0.15) is 0 Å². The quantitative estimate of drug-likeness (QED) is 0.822. The lowest BCUT2D eigenvalue weighted by atomic mass is 10.2. The molecule has 0 atom stereocenters. The van der Waals surface area contributed by atoms with Crippen LogP contribution in [0.25, 0.3) is 0 Å². The molecule has 4 nitrogen and oxygen atoms in total. The van der Waals surface area contributed by atoms with Crippen LogP contribution in [-0.4, -0.2) is 38.1 Å². The number of benzene rings is 2. The van der Waals surface area contributed by atoms with Crippen molar-refractivity contribution in [3.05, 3.63) is 59.7 Å². The van der Waals surface area contributed by atoms with Gasteiger partial charge in [0.05, 0.1) is 13.7 Å². The van der Waals surface area contributed by atoms with E-state index in [0.29, 0.717) is 18.7 Å². The Hall–Kier alpha value is -2.49. The molecule has 0 aliphatic carbocycles. The molecule has 22 heavy (non-hydrogen) atoms. The van der Waals surface area contributed by atoms with Crippen molar-refractivity contribution in [2.24, 2.45) is 0 Å². The zero-order valence-corrected chi connectivity index (χ0v) is 13.2. The number of aryl methyl sites for hydroxylation is 1. The van der Waals surface area contributed by atoms with E-state index in [1.54, 1.807) is 43.3 Å². The van der Waals surface area contributed by atoms with Crippen LogP contribution in [0.2, 0.25) is 0 Å². The van der Waals surface area contributed by atoms with Crippen LogP contribution in [0.15, 0.2) is 48.5 Å². The third-order valence-corrected chi connectivity index (χ3v) is 3.46. The molecule has 1 amide bonds. The van der Waals surface area contributed by atoms with Crippen LogP contribution in [-0.2, 0) is 0 Å². The number of ether oxygens (including phenoxy) is 2. The number of amides is 1. The minimum absolute atomic E-state index is 0.0314. The number of hydrogen-bond acceptors (Lipinski definition) is 3. The van der Waals surface area contributed by atoms with Crippen molar-refractivity contribution in [1.82, 2.24) is 4.90 Å². The smallest absolute Gasteiger partial charge is 0.253 e. The molecule has 0 bridgehead atoms. The molecule has 0 heterocycles. The average molecular weight is 299 g/mol. The second kappa shape index (κ2) is 7.50. The number of rotatable bonds is 6. The molecule has 0 spiro atoms. The third kappa shape index (κ3) is 4.01. The van der Waals surface area contributed by atoms with Gasteiger partial charge >= 0.3 is 0 Å². The fourth-order valence-corrected chi connectivity index (χ4v) is 2.07. The summed E-state index contributed by atoms with van der Waals surface area (Å²) in [4.78, 5) is 13.9. The molecule has 2 rings (SSSR count). The second-order valence-corrected chi connectivity index (χ2v) is 5.07. The van der Waals surface area contributed by atoms with Crippen LogP contribution in [0, 0.1) is 6.92 Å². The number of methoxy groups -OCH3 is 1. The van der Waals surface area contributed by atoms with Gasteiger partial charge in [0.2, 0.25) is 0 Å². The molecule has 0 aliphatic heterocycles. The van der Waals surface area contributed by atoms with Crippen molar-refractivity contribution < 1.29 is 14.3 Å². The van der Waals surface area contributed by atoms with Gasteiger partial charge in [-0.3, -0.25) is 4.79 Å². The molecule has 116 valence electrons. The summed E-state index contributed by atoms with van der Waals surface area (Å²) >= 11 is 0. The first-order valence-electron chi connectivity index (χ1n) is 7.20. The van der Waals surface area contributed by atoms with Crippen molar-refractivity contribution in [1.29, 1.82) is 0 Å². The topological polar surface area (TPSA) is 38.8 Å². The molecule has 0 N–H and O–H groups in total. The van der Waals surface area contributed by atoms with Crippen LogP contribution in [0.4, 0.5) is 0 Å². The maximum atomic E-state index is 12.3. The van der Waals surface area contributed by atoms with E-state index in [-0.39, 0.29) is 5.91 Å². The summed E-state index contributed by atoms with van der Waals surface area (Å²) in [5.41, 5.74) is 1.73. The molecule has 0 aliphatic rings. The molecule has 0 fully saturated rings. The van der Waals surface area contributed by atoms with E-state index in [4.69, 9.17) is 9.47 Å². The Morgan fingerprint density at radius 3 is 2.41 bits per heavy atom. The maximum Gasteiger partial charge on any atom is 0.253 e. The number of likely N-dealkylation sites (N-methyl/N-ethyl adjacent to an activating group) is 1. The number of hydrogen-bond donors (Lipinski definition) is 0. The Labute approximate surface area is 131 Å². The van der Waals surface area contributed by atoms with Crippen molar-refractivity contribution >= 4 is 5.91 Å². The van der Waals surface area contributed by atoms with E-state index in [2.05, 4.69) is 0 Å². The molecule has 0 aromatic heterocycles. The third-order valence-electron chi connectivity index (χ3n) is 3.46. The molecule has 0 radical (unpaired) electrons. The molecular weight excluding hydrogens is 278 g/mol. The van der Waals surface area contributed by atoms with Crippen LogP contribution in [0.1, 0.15) is 15.9 Å². The Morgan fingerprint density at radius 2 is 1.77 bits per heavy atom. The fraction of sp³-hybridized carbons (Fsp3) is 0.278. The fourth-order valence-electron chi connectivity index (χ4n) is 2.07. The Balaban J connectivity index is 1.87. The monoisotopic (exact) mass is 299 g/mol. The van der Waals surface area contributed by atoms with Crippen molar-refractivity contribution in [2.45, 2.75) is 6.92 Å². The maximum absolute atomic E-state index is 12.3. The van der Waals surface area contributed by atoms with E-state index in [1.807, 2.05) is 31.2 Å². The molecule has 0 saturated heterocycles. The molecule has 0 unspecified atom stereocenters. The van der Waals surface area contributed by atoms with Crippen LogP contribution in [0.3, 0.4) is 0 Å².